The number of nitrogens with one attached hydrogen (secondary N) is 3. The standard InChI is InChI=1S/C29H27N3O4S/c1-20-15-17-25(18-16-20)37(35,36)32-24-12-8-11-23(19-24)28(33)31-27-14-7-6-13-26(27)29(34)30-21(2)22-9-4-3-5-10-22/h3-19,21,32H,1-2H3,(H,30,34)(H,31,33)/t21-/m0/s1. The third-order valence-electron chi connectivity index (χ3n) is 5.78. The summed E-state index contributed by atoms with van der Waals surface area (Å²) in [7, 11) is -3.82. The van der Waals surface area contributed by atoms with E-state index in [2.05, 4.69) is 15.4 Å². The molecule has 4 aromatic rings. The monoisotopic (exact) mass is 513 g/mol. The van der Waals surface area contributed by atoms with Crippen molar-refractivity contribution >= 4 is 33.2 Å². The molecule has 0 heterocycles. The number of amides is 2. The summed E-state index contributed by atoms with van der Waals surface area (Å²) in [5.41, 5.74) is 3.04. The SMILES string of the molecule is Cc1ccc(S(=O)(=O)Nc2cccc(C(=O)Nc3ccccc3C(=O)N[C@@H](C)c3ccccc3)c2)cc1. The quantitative estimate of drug-likeness (QED) is 0.288. The van der Waals surface area contributed by atoms with Gasteiger partial charge in [0.05, 0.1) is 22.2 Å². The van der Waals surface area contributed by atoms with Crippen molar-refractivity contribution in [2.75, 3.05) is 10.0 Å². The molecule has 4 rings (SSSR count). The molecule has 0 radical (unpaired) electrons. The largest absolute Gasteiger partial charge is 0.345 e. The molecule has 37 heavy (non-hydrogen) atoms. The molecule has 0 aromatic heterocycles. The number of sulfonamides is 1. The molecule has 0 aliphatic heterocycles. The Kier molecular flexibility index (Phi) is 7.69. The van der Waals surface area contributed by atoms with Gasteiger partial charge in [-0.15, -0.1) is 0 Å². The van der Waals surface area contributed by atoms with Crippen molar-refractivity contribution in [3.05, 3.63) is 125 Å². The lowest BCUT2D eigenvalue weighted by atomic mass is 10.1. The average Bonchev–Trinajstić information content (AvgIpc) is 2.89. The van der Waals surface area contributed by atoms with E-state index in [0.717, 1.165) is 11.1 Å². The average molecular weight is 514 g/mol. The van der Waals surface area contributed by atoms with E-state index in [1.165, 1.54) is 18.2 Å². The zero-order valence-corrected chi connectivity index (χ0v) is 21.3. The van der Waals surface area contributed by atoms with Gasteiger partial charge in [0, 0.05) is 11.3 Å². The fourth-order valence-corrected chi connectivity index (χ4v) is 4.79. The van der Waals surface area contributed by atoms with E-state index in [0.29, 0.717) is 11.3 Å². The first-order valence-corrected chi connectivity index (χ1v) is 13.2. The highest BCUT2D eigenvalue weighted by molar-refractivity contribution is 7.92. The second-order valence-electron chi connectivity index (χ2n) is 8.60. The Morgan fingerprint density at radius 2 is 1.43 bits per heavy atom. The first-order chi connectivity index (χ1) is 17.7. The number of rotatable bonds is 8. The van der Waals surface area contributed by atoms with Crippen LogP contribution >= 0.6 is 0 Å². The molecular weight excluding hydrogens is 486 g/mol. The Hall–Kier alpha value is -4.43. The van der Waals surface area contributed by atoms with Crippen LogP contribution in [0, 0.1) is 6.92 Å². The van der Waals surface area contributed by atoms with Crippen molar-refractivity contribution < 1.29 is 18.0 Å². The maximum Gasteiger partial charge on any atom is 0.261 e. The van der Waals surface area contributed by atoms with Crippen LogP contribution in [-0.2, 0) is 10.0 Å². The lowest BCUT2D eigenvalue weighted by Crippen LogP contribution is -2.28. The summed E-state index contributed by atoms with van der Waals surface area (Å²) in [5.74, 6) is -0.806. The van der Waals surface area contributed by atoms with Crippen molar-refractivity contribution in [2.45, 2.75) is 24.8 Å². The highest BCUT2D eigenvalue weighted by atomic mass is 32.2. The predicted molar refractivity (Wildman–Crippen MR) is 145 cm³/mol. The van der Waals surface area contributed by atoms with Crippen molar-refractivity contribution in [1.82, 2.24) is 5.32 Å². The third-order valence-corrected chi connectivity index (χ3v) is 7.17. The summed E-state index contributed by atoms with van der Waals surface area (Å²) < 4.78 is 28.0. The maximum atomic E-state index is 13.0. The first-order valence-electron chi connectivity index (χ1n) is 11.7. The van der Waals surface area contributed by atoms with Crippen LogP contribution in [0.1, 0.15) is 44.8 Å². The molecule has 4 aromatic carbocycles. The Labute approximate surface area is 216 Å². The fraction of sp³-hybridized carbons (Fsp3) is 0.103. The summed E-state index contributed by atoms with van der Waals surface area (Å²) in [6.07, 6.45) is 0. The van der Waals surface area contributed by atoms with Gasteiger partial charge in [0.15, 0.2) is 0 Å². The van der Waals surface area contributed by atoms with Gasteiger partial charge in [0.25, 0.3) is 21.8 Å². The Balaban J connectivity index is 1.49. The fourth-order valence-electron chi connectivity index (χ4n) is 3.74. The molecule has 0 saturated carbocycles. The summed E-state index contributed by atoms with van der Waals surface area (Å²) in [6, 6.07) is 28.7. The number of hydrogen-bond acceptors (Lipinski definition) is 4. The van der Waals surface area contributed by atoms with Gasteiger partial charge in [0.1, 0.15) is 0 Å². The van der Waals surface area contributed by atoms with Crippen LogP contribution in [0.4, 0.5) is 11.4 Å². The number of aryl methyl sites for hydroxylation is 1. The van der Waals surface area contributed by atoms with E-state index in [4.69, 9.17) is 0 Å². The number of carbonyl (C=O) groups is 2. The van der Waals surface area contributed by atoms with E-state index in [-0.39, 0.29) is 28.1 Å². The van der Waals surface area contributed by atoms with E-state index in [1.54, 1.807) is 54.6 Å². The second kappa shape index (κ2) is 11.1. The van der Waals surface area contributed by atoms with Crippen LogP contribution in [0.2, 0.25) is 0 Å². The second-order valence-corrected chi connectivity index (χ2v) is 10.3. The molecule has 0 saturated heterocycles. The van der Waals surface area contributed by atoms with Crippen molar-refractivity contribution in [2.24, 2.45) is 0 Å². The molecule has 188 valence electrons. The van der Waals surface area contributed by atoms with E-state index in [9.17, 15) is 18.0 Å². The molecular formula is C29H27N3O4S. The normalized spacial score (nSPS) is 11.8. The van der Waals surface area contributed by atoms with Crippen molar-refractivity contribution in [1.29, 1.82) is 0 Å². The third kappa shape index (κ3) is 6.42. The molecule has 0 aliphatic rings. The molecule has 2 amide bonds. The zero-order chi connectivity index (χ0) is 26.4. The van der Waals surface area contributed by atoms with E-state index >= 15 is 0 Å². The van der Waals surface area contributed by atoms with E-state index in [1.807, 2.05) is 44.2 Å². The van der Waals surface area contributed by atoms with Crippen molar-refractivity contribution in [3.8, 4) is 0 Å². The van der Waals surface area contributed by atoms with Crippen LogP contribution < -0.4 is 15.4 Å². The summed E-state index contributed by atoms with van der Waals surface area (Å²) in [5, 5.41) is 5.72. The van der Waals surface area contributed by atoms with Crippen LogP contribution in [0.3, 0.4) is 0 Å². The summed E-state index contributed by atoms with van der Waals surface area (Å²) >= 11 is 0. The van der Waals surface area contributed by atoms with Gasteiger partial charge < -0.3 is 10.6 Å². The molecule has 1 atom stereocenters. The molecule has 8 heteroatoms. The van der Waals surface area contributed by atoms with Gasteiger partial charge in [-0.25, -0.2) is 8.42 Å². The molecule has 7 nitrogen and oxygen atoms in total. The highest BCUT2D eigenvalue weighted by Gasteiger charge is 2.18. The molecule has 0 bridgehead atoms. The Bertz CT molecular complexity index is 1520. The first kappa shape index (κ1) is 25.7. The van der Waals surface area contributed by atoms with Gasteiger partial charge in [-0.05, 0) is 61.9 Å². The number of para-hydroxylation sites is 1. The number of benzene rings is 4. The summed E-state index contributed by atoms with van der Waals surface area (Å²) in [4.78, 5) is 26.2. The lowest BCUT2D eigenvalue weighted by Gasteiger charge is -2.16. The van der Waals surface area contributed by atoms with E-state index < -0.39 is 15.9 Å². The van der Waals surface area contributed by atoms with Gasteiger partial charge in [0.2, 0.25) is 0 Å². The maximum absolute atomic E-state index is 13.0. The number of carbonyl (C=O) groups excluding carboxylic acids is 2. The number of anilines is 2. The zero-order valence-electron chi connectivity index (χ0n) is 20.4. The predicted octanol–water partition coefficient (Wildman–Crippen LogP) is 5.54. The molecule has 0 fully saturated rings. The minimum atomic E-state index is -3.82. The van der Waals surface area contributed by atoms with Crippen LogP contribution in [0.15, 0.2) is 108 Å². The topological polar surface area (TPSA) is 104 Å². The van der Waals surface area contributed by atoms with Gasteiger partial charge in [-0.2, -0.15) is 0 Å². The Morgan fingerprint density at radius 1 is 0.757 bits per heavy atom. The van der Waals surface area contributed by atoms with Gasteiger partial charge in [-0.1, -0.05) is 66.2 Å². The molecule has 0 aliphatic carbocycles. The summed E-state index contributed by atoms with van der Waals surface area (Å²) in [6.45, 7) is 3.76. The highest BCUT2D eigenvalue weighted by Crippen LogP contribution is 2.21. The molecule has 3 N–H and O–H groups in total. The van der Waals surface area contributed by atoms with Gasteiger partial charge in [-0.3, -0.25) is 14.3 Å². The van der Waals surface area contributed by atoms with Crippen LogP contribution in [0.25, 0.3) is 0 Å². The smallest absolute Gasteiger partial charge is 0.261 e. The minimum Gasteiger partial charge on any atom is -0.345 e. The van der Waals surface area contributed by atoms with Crippen LogP contribution in [0.5, 0.6) is 0 Å². The minimum absolute atomic E-state index is 0.123. The molecule has 0 spiro atoms. The molecule has 0 unspecified atom stereocenters. The van der Waals surface area contributed by atoms with Gasteiger partial charge >= 0.3 is 0 Å². The van der Waals surface area contributed by atoms with Crippen LogP contribution in [-0.4, -0.2) is 20.2 Å². The van der Waals surface area contributed by atoms with Crippen molar-refractivity contribution in [3.63, 3.8) is 0 Å². The Morgan fingerprint density at radius 3 is 2.16 bits per heavy atom. The number of hydrogen-bond donors (Lipinski definition) is 3. The lowest BCUT2D eigenvalue weighted by molar-refractivity contribution is 0.0940.